The summed E-state index contributed by atoms with van der Waals surface area (Å²) in [6.07, 6.45) is -4.52. The van der Waals surface area contributed by atoms with E-state index in [9.17, 15) is 27.6 Å². The van der Waals surface area contributed by atoms with Gasteiger partial charge in [0.2, 0.25) is 0 Å². The van der Waals surface area contributed by atoms with Gasteiger partial charge in [-0.2, -0.15) is 13.2 Å². The second-order valence-electron chi connectivity index (χ2n) is 5.00. The van der Waals surface area contributed by atoms with Gasteiger partial charge in [0.25, 0.3) is 11.5 Å². The SMILES string of the molecule is Cn1c(N)c(NC(=O)c2ccc(C(F)(F)F)cc2)c(=O)n(C)c1=O. The number of nitrogens with one attached hydrogen (secondary N) is 1. The summed E-state index contributed by atoms with van der Waals surface area (Å²) in [7, 11) is 2.52. The van der Waals surface area contributed by atoms with Gasteiger partial charge in [-0.15, -0.1) is 0 Å². The number of rotatable bonds is 2. The third-order valence-corrected chi connectivity index (χ3v) is 3.42. The Kier molecular flexibility index (Phi) is 4.24. The van der Waals surface area contributed by atoms with Crippen molar-refractivity contribution in [1.29, 1.82) is 0 Å². The predicted molar refractivity (Wildman–Crippen MR) is 80.7 cm³/mol. The minimum absolute atomic E-state index is 0.0988. The number of carbonyl (C=O) groups is 1. The van der Waals surface area contributed by atoms with Gasteiger partial charge in [0, 0.05) is 19.7 Å². The predicted octanol–water partition coefficient (Wildman–Crippen LogP) is 0.937. The molecule has 0 radical (unpaired) electrons. The number of amides is 1. The summed E-state index contributed by atoms with van der Waals surface area (Å²) in [4.78, 5) is 35.8. The largest absolute Gasteiger partial charge is 0.416 e. The molecular formula is C14H13F3N4O3. The summed E-state index contributed by atoms with van der Waals surface area (Å²) in [5.41, 5.74) is 2.81. The standard InChI is InChI=1S/C14H13F3N4O3/c1-20-10(18)9(12(23)21(2)13(20)24)19-11(22)7-3-5-8(6-4-7)14(15,16)17/h3-6H,18H2,1-2H3,(H,19,22). The number of aromatic nitrogens is 2. The highest BCUT2D eigenvalue weighted by Crippen LogP contribution is 2.29. The van der Waals surface area contributed by atoms with Crippen LogP contribution in [-0.4, -0.2) is 15.0 Å². The molecule has 0 saturated heterocycles. The van der Waals surface area contributed by atoms with Gasteiger partial charge in [-0.25, -0.2) is 4.79 Å². The van der Waals surface area contributed by atoms with Crippen LogP contribution in [0.1, 0.15) is 15.9 Å². The maximum Gasteiger partial charge on any atom is 0.416 e. The number of carbonyl (C=O) groups excluding carboxylic acids is 1. The first-order valence-corrected chi connectivity index (χ1v) is 6.58. The van der Waals surface area contributed by atoms with Crippen molar-refractivity contribution in [2.45, 2.75) is 6.18 Å². The molecule has 0 spiro atoms. The van der Waals surface area contributed by atoms with Crippen molar-refractivity contribution in [3.63, 3.8) is 0 Å². The van der Waals surface area contributed by atoms with Crippen LogP contribution < -0.4 is 22.3 Å². The van der Waals surface area contributed by atoms with E-state index in [-0.39, 0.29) is 17.1 Å². The van der Waals surface area contributed by atoms with Crippen LogP contribution in [0.3, 0.4) is 0 Å². The molecule has 0 fully saturated rings. The lowest BCUT2D eigenvalue weighted by Gasteiger charge is -2.12. The van der Waals surface area contributed by atoms with Crippen molar-refractivity contribution in [1.82, 2.24) is 9.13 Å². The Labute approximate surface area is 133 Å². The van der Waals surface area contributed by atoms with Crippen LogP contribution in [0, 0.1) is 0 Å². The molecule has 0 aliphatic carbocycles. The lowest BCUT2D eigenvalue weighted by Crippen LogP contribution is -2.40. The van der Waals surface area contributed by atoms with E-state index in [2.05, 4.69) is 5.32 Å². The average Bonchev–Trinajstić information content (AvgIpc) is 2.54. The van der Waals surface area contributed by atoms with Crippen LogP contribution in [0.5, 0.6) is 0 Å². The quantitative estimate of drug-likeness (QED) is 0.848. The van der Waals surface area contributed by atoms with E-state index in [1.807, 2.05) is 0 Å². The van der Waals surface area contributed by atoms with Crippen LogP contribution in [0.2, 0.25) is 0 Å². The van der Waals surface area contributed by atoms with Crippen molar-refractivity contribution >= 4 is 17.4 Å². The number of nitrogen functional groups attached to an aromatic ring is 1. The van der Waals surface area contributed by atoms with E-state index in [1.54, 1.807) is 0 Å². The summed E-state index contributed by atoms with van der Waals surface area (Å²) < 4.78 is 39.2. The molecular weight excluding hydrogens is 329 g/mol. The van der Waals surface area contributed by atoms with Gasteiger partial charge in [0.15, 0.2) is 0 Å². The minimum Gasteiger partial charge on any atom is -0.383 e. The van der Waals surface area contributed by atoms with E-state index in [0.29, 0.717) is 0 Å². The van der Waals surface area contributed by atoms with Crippen LogP contribution in [-0.2, 0) is 20.3 Å². The van der Waals surface area contributed by atoms with Crippen molar-refractivity contribution in [3.8, 4) is 0 Å². The summed E-state index contributed by atoms with van der Waals surface area (Å²) in [5.74, 6) is -1.09. The zero-order valence-corrected chi connectivity index (χ0v) is 12.6. The van der Waals surface area contributed by atoms with Crippen molar-refractivity contribution in [3.05, 3.63) is 56.2 Å². The van der Waals surface area contributed by atoms with Gasteiger partial charge in [0.1, 0.15) is 11.5 Å². The third kappa shape index (κ3) is 3.03. The lowest BCUT2D eigenvalue weighted by atomic mass is 10.1. The molecule has 1 amide bonds. The number of halogens is 3. The third-order valence-electron chi connectivity index (χ3n) is 3.42. The zero-order chi connectivity index (χ0) is 18.2. The van der Waals surface area contributed by atoms with Gasteiger partial charge in [0.05, 0.1) is 5.56 Å². The molecule has 0 saturated carbocycles. The van der Waals surface area contributed by atoms with Gasteiger partial charge in [-0.1, -0.05) is 0 Å². The van der Waals surface area contributed by atoms with E-state index < -0.39 is 28.9 Å². The van der Waals surface area contributed by atoms with Crippen molar-refractivity contribution in [2.24, 2.45) is 14.1 Å². The molecule has 0 aliphatic heterocycles. The van der Waals surface area contributed by atoms with E-state index >= 15 is 0 Å². The van der Waals surface area contributed by atoms with Gasteiger partial charge in [-0.05, 0) is 24.3 Å². The molecule has 0 bridgehead atoms. The second kappa shape index (κ2) is 5.87. The minimum atomic E-state index is -4.52. The highest BCUT2D eigenvalue weighted by Gasteiger charge is 2.30. The Morgan fingerprint density at radius 1 is 1.08 bits per heavy atom. The molecule has 1 heterocycles. The van der Waals surface area contributed by atoms with Gasteiger partial charge < -0.3 is 11.1 Å². The second-order valence-corrected chi connectivity index (χ2v) is 5.00. The smallest absolute Gasteiger partial charge is 0.383 e. The van der Waals surface area contributed by atoms with Crippen LogP contribution in [0.4, 0.5) is 24.7 Å². The molecule has 1 aromatic carbocycles. The number of nitrogens with two attached hydrogens (primary N) is 1. The van der Waals surface area contributed by atoms with Crippen molar-refractivity contribution in [2.75, 3.05) is 11.1 Å². The fourth-order valence-corrected chi connectivity index (χ4v) is 1.97. The number of hydrogen-bond acceptors (Lipinski definition) is 4. The Hall–Kier alpha value is -3.04. The molecule has 1 aromatic heterocycles. The maximum atomic E-state index is 12.5. The number of alkyl halides is 3. The molecule has 0 aliphatic rings. The zero-order valence-electron chi connectivity index (χ0n) is 12.6. The Balaban J connectivity index is 2.38. The number of anilines is 2. The topological polar surface area (TPSA) is 99.1 Å². The maximum absolute atomic E-state index is 12.5. The number of benzene rings is 1. The first kappa shape index (κ1) is 17.3. The van der Waals surface area contributed by atoms with Gasteiger partial charge in [-0.3, -0.25) is 18.7 Å². The van der Waals surface area contributed by atoms with E-state index in [0.717, 1.165) is 33.4 Å². The summed E-state index contributed by atoms with van der Waals surface area (Å²) in [6, 6.07) is 3.44. The first-order valence-electron chi connectivity index (χ1n) is 6.58. The molecule has 2 aromatic rings. The summed E-state index contributed by atoms with van der Waals surface area (Å²) >= 11 is 0. The Morgan fingerprint density at radius 2 is 1.62 bits per heavy atom. The number of nitrogens with zero attached hydrogens (tertiary/aromatic N) is 2. The Bertz CT molecular complexity index is 911. The van der Waals surface area contributed by atoms with Crippen LogP contribution in [0.15, 0.2) is 33.9 Å². The van der Waals surface area contributed by atoms with Crippen LogP contribution >= 0.6 is 0 Å². The van der Waals surface area contributed by atoms with E-state index in [4.69, 9.17) is 5.73 Å². The normalized spacial score (nSPS) is 11.4. The first-order chi connectivity index (χ1) is 11.0. The molecule has 10 heteroatoms. The average molecular weight is 342 g/mol. The fraction of sp³-hybridized carbons (Fsp3) is 0.214. The number of hydrogen-bond donors (Lipinski definition) is 2. The van der Waals surface area contributed by atoms with Crippen LogP contribution in [0.25, 0.3) is 0 Å². The molecule has 3 N–H and O–H groups in total. The highest BCUT2D eigenvalue weighted by atomic mass is 19.4. The fourth-order valence-electron chi connectivity index (χ4n) is 1.97. The van der Waals surface area contributed by atoms with Crippen molar-refractivity contribution < 1.29 is 18.0 Å². The Morgan fingerprint density at radius 3 is 2.12 bits per heavy atom. The molecule has 2 rings (SSSR count). The molecule has 24 heavy (non-hydrogen) atoms. The lowest BCUT2D eigenvalue weighted by molar-refractivity contribution is -0.137. The molecule has 128 valence electrons. The van der Waals surface area contributed by atoms with E-state index in [1.165, 1.54) is 14.1 Å². The summed E-state index contributed by atoms with van der Waals surface area (Å²) in [5, 5.41) is 2.22. The molecule has 7 nitrogen and oxygen atoms in total. The van der Waals surface area contributed by atoms with Gasteiger partial charge >= 0.3 is 11.9 Å². The molecule has 0 atom stereocenters. The summed E-state index contributed by atoms with van der Waals surface area (Å²) in [6.45, 7) is 0. The monoisotopic (exact) mass is 342 g/mol. The molecule has 0 unspecified atom stereocenters. The highest BCUT2D eigenvalue weighted by molar-refractivity contribution is 6.05.